The molecule has 0 spiro atoms. The number of aromatic amines is 1. The summed E-state index contributed by atoms with van der Waals surface area (Å²) in [5.74, 6) is 0.658. The minimum atomic E-state index is 0.0821. The molecule has 0 aliphatic rings. The van der Waals surface area contributed by atoms with Crippen LogP contribution in [0.2, 0.25) is 5.02 Å². The van der Waals surface area contributed by atoms with E-state index >= 15 is 0 Å². The van der Waals surface area contributed by atoms with E-state index in [4.69, 9.17) is 11.6 Å². The third kappa shape index (κ3) is 3.36. The summed E-state index contributed by atoms with van der Waals surface area (Å²) < 4.78 is 0. The summed E-state index contributed by atoms with van der Waals surface area (Å²) in [6.45, 7) is 0.536. The monoisotopic (exact) mass is 365 g/mol. The van der Waals surface area contributed by atoms with Gasteiger partial charge in [0.05, 0.1) is 6.54 Å². The Labute approximate surface area is 154 Å². The fourth-order valence-electron chi connectivity index (χ4n) is 2.86. The number of fused-ring (bicyclic) bond motifs is 1. The highest BCUT2D eigenvalue weighted by atomic mass is 35.5. The van der Waals surface area contributed by atoms with Crippen LogP contribution in [-0.4, -0.2) is 31.0 Å². The van der Waals surface area contributed by atoms with Crippen molar-refractivity contribution in [3.8, 4) is 11.4 Å². The van der Waals surface area contributed by atoms with Crippen molar-refractivity contribution < 1.29 is 4.79 Å². The van der Waals surface area contributed by atoms with Gasteiger partial charge in [-0.3, -0.25) is 4.79 Å². The second-order valence-corrected chi connectivity index (χ2v) is 6.43. The Bertz CT molecular complexity index is 1050. The van der Waals surface area contributed by atoms with Gasteiger partial charge >= 0.3 is 0 Å². The van der Waals surface area contributed by atoms with E-state index in [0.29, 0.717) is 35.8 Å². The van der Waals surface area contributed by atoms with Gasteiger partial charge in [-0.15, -0.1) is 10.2 Å². The van der Waals surface area contributed by atoms with Crippen LogP contribution in [0.15, 0.2) is 54.7 Å². The summed E-state index contributed by atoms with van der Waals surface area (Å²) in [7, 11) is 0. The molecule has 7 heteroatoms. The van der Waals surface area contributed by atoms with Crippen molar-refractivity contribution in [2.45, 2.75) is 19.4 Å². The molecule has 6 nitrogen and oxygen atoms in total. The summed E-state index contributed by atoms with van der Waals surface area (Å²) in [6, 6.07) is 14.9. The number of carbonyl (C=O) groups is 1. The van der Waals surface area contributed by atoms with Crippen molar-refractivity contribution >= 4 is 28.3 Å². The Hall–Kier alpha value is -2.99. The molecule has 0 unspecified atom stereocenters. The molecule has 130 valence electrons. The van der Waals surface area contributed by atoms with Gasteiger partial charge in [-0.2, -0.15) is 4.80 Å². The Kier molecular flexibility index (Phi) is 4.50. The molecular weight excluding hydrogens is 350 g/mol. The first-order valence-corrected chi connectivity index (χ1v) is 8.71. The number of tetrazole rings is 1. The number of para-hydroxylation sites is 1. The normalized spacial score (nSPS) is 11.1. The summed E-state index contributed by atoms with van der Waals surface area (Å²) >= 11 is 5.84. The summed E-state index contributed by atoms with van der Waals surface area (Å²) in [5.41, 5.74) is 2.62. The van der Waals surface area contributed by atoms with Crippen LogP contribution in [0.5, 0.6) is 0 Å². The zero-order valence-corrected chi connectivity index (χ0v) is 14.6. The number of nitrogens with one attached hydrogen (secondary N) is 1. The summed E-state index contributed by atoms with van der Waals surface area (Å²) in [6.07, 6.45) is 2.95. The SMILES string of the molecule is O=C(CCCn1nnc(-c2c[nH]c3ccccc23)n1)c1ccc(Cl)cc1. The molecule has 4 aromatic rings. The van der Waals surface area contributed by atoms with Crippen molar-refractivity contribution in [1.82, 2.24) is 25.2 Å². The van der Waals surface area contributed by atoms with E-state index in [0.717, 1.165) is 16.5 Å². The van der Waals surface area contributed by atoms with Gasteiger partial charge in [-0.05, 0) is 42.0 Å². The highest BCUT2D eigenvalue weighted by molar-refractivity contribution is 6.30. The highest BCUT2D eigenvalue weighted by Gasteiger charge is 2.12. The third-order valence-electron chi connectivity index (χ3n) is 4.21. The molecular formula is C19H16ClN5O. The number of aromatic nitrogens is 5. The molecule has 2 aromatic heterocycles. The summed E-state index contributed by atoms with van der Waals surface area (Å²) in [4.78, 5) is 16.9. The number of aryl methyl sites for hydroxylation is 1. The van der Waals surface area contributed by atoms with E-state index < -0.39 is 0 Å². The van der Waals surface area contributed by atoms with Crippen LogP contribution >= 0.6 is 11.6 Å². The molecule has 0 aliphatic carbocycles. The van der Waals surface area contributed by atoms with Crippen LogP contribution < -0.4 is 0 Å². The second-order valence-electron chi connectivity index (χ2n) is 5.99. The number of carbonyl (C=O) groups excluding carboxylic acids is 1. The number of nitrogens with zero attached hydrogens (tertiary/aromatic N) is 4. The molecule has 2 aromatic carbocycles. The molecule has 4 rings (SSSR count). The lowest BCUT2D eigenvalue weighted by Crippen LogP contribution is -2.06. The molecule has 0 saturated carbocycles. The van der Waals surface area contributed by atoms with Gasteiger partial charge in [0.15, 0.2) is 5.78 Å². The maximum absolute atomic E-state index is 12.2. The van der Waals surface area contributed by atoms with Crippen molar-refractivity contribution in [3.05, 3.63) is 65.3 Å². The smallest absolute Gasteiger partial charge is 0.207 e. The maximum atomic E-state index is 12.2. The van der Waals surface area contributed by atoms with Crippen molar-refractivity contribution in [2.75, 3.05) is 0 Å². The number of halogens is 1. The number of hydrogen-bond acceptors (Lipinski definition) is 4. The summed E-state index contributed by atoms with van der Waals surface area (Å²) in [5, 5.41) is 14.3. The Balaban J connectivity index is 1.39. The number of Topliss-reactive ketones (excluding diaryl/α,β-unsaturated/α-hetero) is 1. The fourth-order valence-corrected chi connectivity index (χ4v) is 2.99. The van der Waals surface area contributed by atoms with E-state index in [1.165, 1.54) is 4.80 Å². The first-order valence-electron chi connectivity index (χ1n) is 8.34. The van der Waals surface area contributed by atoms with E-state index in [2.05, 4.69) is 20.4 Å². The standard InChI is InChI=1S/C19H16ClN5O/c20-14-9-7-13(8-10-14)18(26)6-3-11-25-23-19(22-24-25)16-12-21-17-5-2-1-4-15(16)17/h1-2,4-5,7-10,12,21H,3,6,11H2. The fraction of sp³-hybridized carbons (Fsp3) is 0.158. The second kappa shape index (κ2) is 7.09. The zero-order valence-electron chi connectivity index (χ0n) is 13.9. The predicted molar refractivity (Wildman–Crippen MR) is 100 cm³/mol. The largest absolute Gasteiger partial charge is 0.360 e. The molecule has 0 radical (unpaired) electrons. The van der Waals surface area contributed by atoms with Gasteiger partial charge in [0, 0.05) is 39.7 Å². The average molecular weight is 366 g/mol. The van der Waals surface area contributed by atoms with Crippen LogP contribution in [0.3, 0.4) is 0 Å². The molecule has 0 atom stereocenters. The van der Waals surface area contributed by atoms with Gasteiger partial charge in [0.25, 0.3) is 0 Å². The van der Waals surface area contributed by atoms with E-state index in [1.54, 1.807) is 24.3 Å². The van der Waals surface area contributed by atoms with Crippen molar-refractivity contribution in [2.24, 2.45) is 0 Å². The lowest BCUT2D eigenvalue weighted by atomic mass is 10.1. The Morgan fingerprint density at radius 2 is 1.92 bits per heavy atom. The highest BCUT2D eigenvalue weighted by Crippen LogP contribution is 2.25. The zero-order chi connectivity index (χ0) is 17.9. The molecule has 1 N–H and O–H groups in total. The molecule has 26 heavy (non-hydrogen) atoms. The van der Waals surface area contributed by atoms with Crippen LogP contribution in [0.4, 0.5) is 0 Å². The van der Waals surface area contributed by atoms with E-state index in [9.17, 15) is 4.79 Å². The number of ketones is 1. The Morgan fingerprint density at radius 1 is 1.12 bits per heavy atom. The van der Waals surface area contributed by atoms with Gasteiger partial charge in [0.1, 0.15) is 0 Å². The molecule has 0 bridgehead atoms. The van der Waals surface area contributed by atoms with E-state index in [-0.39, 0.29) is 5.78 Å². The van der Waals surface area contributed by atoms with Crippen LogP contribution in [0.1, 0.15) is 23.2 Å². The van der Waals surface area contributed by atoms with Crippen LogP contribution in [-0.2, 0) is 6.54 Å². The predicted octanol–water partition coefficient (Wildman–Crippen LogP) is 4.14. The van der Waals surface area contributed by atoms with Gasteiger partial charge in [0.2, 0.25) is 5.82 Å². The Morgan fingerprint density at radius 3 is 2.77 bits per heavy atom. The number of rotatable bonds is 6. The topological polar surface area (TPSA) is 76.5 Å². The molecule has 0 aliphatic heterocycles. The third-order valence-corrected chi connectivity index (χ3v) is 4.46. The molecule has 0 saturated heterocycles. The van der Waals surface area contributed by atoms with Crippen LogP contribution in [0, 0.1) is 0 Å². The minimum Gasteiger partial charge on any atom is -0.360 e. The first-order chi connectivity index (χ1) is 12.7. The van der Waals surface area contributed by atoms with Gasteiger partial charge in [-0.25, -0.2) is 0 Å². The first kappa shape index (κ1) is 16.5. The number of benzene rings is 2. The maximum Gasteiger partial charge on any atom is 0.207 e. The van der Waals surface area contributed by atoms with Crippen molar-refractivity contribution in [1.29, 1.82) is 0 Å². The van der Waals surface area contributed by atoms with Gasteiger partial charge < -0.3 is 4.98 Å². The minimum absolute atomic E-state index is 0.0821. The molecule has 2 heterocycles. The number of H-pyrrole nitrogens is 1. The molecule has 0 amide bonds. The van der Waals surface area contributed by atoms with Crippen LogP contribution in [0.25, 0.3) is 22.3 Å². The van der Waals surface area contributed by atoms with E-state index in [1.807, 2.05) is 30.5 Å². The average Bonchev–Trinajstić information content (AvgIpc) is 3.28. The lowest BCUT2D eigenvalue weighted by Gasteiger charge is -2.01. The molecule has 0 fully saturated rings. The number of hydrogen-bond donors (Lipinski definition) is 1. The lowest BCUT2D eigenvalue weighted by molar-refractivity contribution is 0.0977. The van der Waals surface area contributed by atoms with Gasteiger partial charge in [-0.1, -0.05) is 29.8 Å². The quantitative estimate of drug-likeness (QED) is 0.521. The van der Waals surface area contributed by atoms with Crippen molar-refractivity contribution in [3.63, 3.8) is 0 Å².